The fraction of sp³-hybridized carbons (Fsp3) is 0.571. The number of esters is 1. The lowest BCUT2D eigenvalue weighted by atomic mass is 10.0. The lowest BCUT2D eigenvalue weighted by molar-refractivity contribution is 0.0594. The van der Waals surface area contributed by atoms with Crippen molar-refractivity contribution in [3.63, 3.8) is 0 Å². The van der Waals surface area contributed by atoms with Crippen LogP contribution in [0.3, 0.4) is 0 Å². The number of pyridine rings is 1. The summed E-state index contributed by atoms with van der Waals surface area (Å²) in [6.45, 7) is 1.78. The van der Waals surface area contributed by atoms with Gasteiger partial charge in [-0.15, -0.1) is 0 Å². The molecule has 1 aliphatic rings. The minimum atomic E-state index is -0.438. The molecule has 0 bridgehead atoms. The number of methoxy groups -OCH3 is 1. The highest BCUT2D eigenvalue weighted by atomic mass is 16.5. The molecule has 2 rings (SSSR count). The van der Waals surface area contributed by atoms with Gasteiger partial charge in [0.15, 0.2) is 11.5 Å². The van der Waals surface area contributed by atoms with E-state index in [0.29, 0.717) is 23.2 Å². The lowest BCUT2D eigenvalue weighted by Gasteiger charge is -2.37. The van der Waals surface area contributed by atoms with E-state index >= 15 is 0 Å². The number of anilines is 2. The van der Waals surface area contributed by atoms with E-state index in [1.807, 2.05) is 0 Å². The standard InChI is InChI=1S/C14H22N4O2/c1-17(2)10-5-4-8-18(9-10)13-11(15)6-7-12(16-13)14(19)20-3/h6-7,10H,4-5,8-9,15H2,1-3H3. The van der Waals surface area contributed by atoms with Crippen LogP contribution in [0.2, 0.25) is 0 Å². The molecule has 1 fully saturated rings. The molecule has 20 heavy (non-hydrogen) atoms. The highest BCUT2D eigenvalue weighted by Crippen LogP contribution is 2.25. The Labute approximate surface area is 119 Å². The van der Waals surface area contributed by atoms with Crippen molar-refractivity contribution in [2.24, 2.45) is 0 Å². The zero-order valence-electron chi connectivity index (χ0n) is 12.3. The molecule has 0 amide bonds. The molecule has 6 heteroatoms. The summed E-state index contributed by atoms with van der Waals surface area (Å²) in [4.78, 5) is 20.3. The topological polar surface area (TPSA) is 71.7 Å². The van der Waals surface area contributed by atoms with Crippen LogP contribution in [0.5, 0.6) is 0 Å². The van der Waals surface area contributed by atoms with Gasteiger partial charge in [0.25, 0.3) is 0 Å². The Kier molecular flexibility index (Phi) is 4.44. The predicted octanol–water partition coefficient (Wildman–Crippen LogP) is 0.981. The molecule has 110 valence electrons. The van der Waals surface area contributed by atoms with Gasteiger partial charge in [0.2, 0.25) is 0 Å². The first kappa shape index (κ1) is 14.6. The molecule has 0 aromatic carbocycles. The predicted molar refractivity (Wildman–Crippen MR) is 78.9 cm³/mol. The van der Waals surface area contributed by atoms with E-state index in [9.17, 15) is 4.79 Å². The normalized spacial score (nSPS) is 19.2. The van der Waals surface area contributed by atoms with Gasteiger partial charge in [-0.2, -0.15) is 0 Å². The van der Waals surface area contributed by atoms with Crippen LogP contribution in [0.25, 0.3) is 0 Å². The van der Waals surface area contributed by atoms with E-state index < -0.39 is 5.97 Å². The average molecular weight is 278 g/mol. The lowest BCUT2D eigenvalue weighted by Crippen LogP contribution is -2.45. The van der Waals surface area contributed by atoms with Gasteiger partial charge in [-0.3, -0.25) is 0 Å². The number of nitrogen functional groups attached to an aromatic ring is 1. The smallest absolute Gasteiger partial charge is 0.356 e. The van der Waals surface area contributed by atoms with Gasteiger partial charge in [-0.05, 0) is 39.1 Å². The Morgan fingerprint density at radius 2 is 2.25 bits per heavy atom. The summed E-state index contributed by atoms with van der Waals surface area (Å²) in [5.74, 6) is 0.242. The second-order valence-corrected chi connectivity index (χ2v) is 5.31. The van der Waals surface area contributed by atoms with Crippen molar-refractivity contribution < 1.29 is 9.53 Å². The molecule has 2 heterocycles. The van der Waals surface area contributed by atoms with Gasteiger partial charge in [0.1, 0.15) is 0 Å². The number of ether oxygens (including phenoxy) is 1. The van der Waals surface area contributed by atoms with Crippen molar-refractivity contribution in [2.75, 3.05) is 44.9 Å². The average Bonchev–Trinajstić information content (AvgIpc) is 2.47. The van der Waals surface area contributed by atoms with Crippen LogP contribution in [-0.4, -0.2) is 56.2 Å². The van der Waals surface area contributed by atoms with Crippen LogP contribution in [0.15, 0.2) is 12.1 Å². The first-order valence-corrected chi connectivity index (χ1v) is 6.79. The van der Waals surface area contributed by atoms with Crippen LogP contribution < -0.4 is 10.6 Å². The number of nitrogens with two attached hydrogens (primary N) is 1. The summed E-state index contributed by atoms with van der Waals surface area (Å²) >= 11 is 0. The Hall–Kier alpha value is -1.82. The second-order valence-electron chi connectivity index (χ2n) is 5.31. The number of hydrogen-bond donors (Lipinski definition) is 1. The highest BCUT2D eigenvalue weighted by Gasteiger charge is 2.24. The molecule has 1 unspecified atom stereocenters. The van der Waals surface area contributed by atoms with Crippen molar-refractivity contribution in [3.05, 3.63) is 17.8 Å². The number of likely N-dealkylation sites (N-methyl/N-ethyl adjacent to an activating group) is 1. The summed E-state index contributed by atoms with van der Waals surface area (Å²) < 4.78 is 4.71. The molecule has 1 atom stereocenters. The van der Waals surface area contributed by atoms with E-state index in [4.69, 9.17) is 10.5 Å². The molecule has 6 nitrogen and oxygen atoms in total. The van der Waals surface area contributed by atoms with Gasteiger partial charge in [-0.1, -0.05) is 0 Å². The summed E-state index contributed by atoms with van der Waals surface area (Å²) in [7, 11) is 5.51. The highest BCUT2D eigenvalue weighted by molar-refractivity contribution is 5.88. The quantitative estimate of drug-likeness (QED) is 0.831. The van der Waals surface area contributed by atoms with E-state index in [2.05, 4.69) is 28.9 Å². The van der Waals surface area contributed by atoms with Crippen molar-refractivity contribution in [3.8, 4) is 0 Å². The van der Waals surface area contributed by atoms with E-state index in [-0.39, 0.29) is 0 Å². The fourth-order valence-corrected chi connectivity index (χ4v) is 2.50. The number of carbonyl (C=O) groups is 1. The summed E-state index contributed by atoms with van der Waals surface area (Å²) in [5.41, 5.74) is 6.90. The summed E-state index contributed by atoms with van der Waals surface area (Å²) in [5, 5.41) is 0. The number of carbonyl (C=O) groups excluding carboxylic acids is 1. The SMILES string of the molecule is COC(=O)c1ccc(N)c(N2CCCC(N(C)C)C2)n1. The molecule has 1 aliphatic heterocycles. The van der Waals surface area contributed by atoms with Crippen molar-refractivity contribution in [1.29, 1.82) is 0 Å². The molecular formula is C14H22N4O2. The maximum atomic E-state index is 11.6. The van der Waals surface area contributed by atoms with Gasteiger partial charge < -0.3 is 20.3 Å². The minimum absolute atomic E-state index is 0.295. The van der Waals surface area contributed by atoms with Crippen LogP contribution in [0, 0.1) is 0 Å². The largest absolute Gasteiger partial charge is 0.464 e. The Morgan fingerprint density at radius 3 is 2.90 bits per heavy atom. The van der Waals surface area contributed by atoms with Gasteiger partial charge in [-0.25, -0.2) is 9.78 Å². The van der Waals surface area contributed by atoms with E-state index in [1.165, 1.54) is 13.5 Å². The second kappa shape index (κ2) is 6.09. The van der Waals surface area contributed by atoms with Crippen molar-refractivity contribution in [1.82, 2.24) is 9.88 Å². The number of rotatable bonds is 3. The molecule has 0 aliphatic carbocycles. The fourth-order valence-electron chi connectivity index (χ4n) is 2.50. The van der Waals surface area contributed by atoms with Crippen LogP contribution in [-0.2, 0) is 4.74 Å². The van der Waals surface area contributed by atoms with E-state index in [1.54, 1.807) is 12.1 Å². The third-order valence-corrected chi connectivity index (χ3v) is 3.73. The van der Waals surface area contributed by atoms with Gasteiger partial charge >= 0.3 is 5.97 Å². The Balaban J connectivity index is 2.24. The maximum absolute atomic E-state index is 11.6. The monoisotopic (exact) mass is 278 g/mol. The Morgan fingerprint density at radius 1 is 1.50 bits per heavy atom. The molecule has 0 spiro atoms. The summed E-state index contributed by atoms with van der Waals surface area (Å²) in [6, 6.07) is 3.79. The third-order valence-electron chi connectivity index (χ3n) is 3.73. The van der Waals surface area contributed by atoms with Crippen LogP contribution in [0.4, 0.5) is 11.5 Å². The first-order valence-electron chi connectivity index (χ1n) is 6.79. The van der Waals surface area contributed by atoms with Gasteiger partial charge in [0.05, 0.1) is 12.8 Å². The van der Waals surface area contributed by atoms with E-state index in [0.717, 1.165) is 19.5 Å². The van der Waals surface area contributed by atoms with Gasteiger partial charge in [0, 0.05) is 19.1 Å². The summed E-state index contributed by atoms with van der Waals surface area (Å²) in [6.07, 6.45) is 2.26. The van der Waals surface area contributed by atoms with Crippen LogP contribution >= 0.6 is 0 Å². The maximum Gasteiger partial charge on any atom is 0.356 e. The van der Waals surface area contributed by atoms with Crippen molar-refractivity contribution >= 4 is 17.5 Å². The molecule has 1 saturated heterocycles. The molecule has 0 saturated carbocycles. The zero-order valence-corrected chi connectivity index (χ0v) is 12.3. The zero-order chi connectivity index (χ0) is 14.7. The van der Waals surface area contributed by atoms with Crippen molar-refractivity contribution in [2.45, 2.75) is 18.9 Å². The number of piperidine rings is 1. The Bertz CT molecular complexity index is 490. The third kappa shape index (κ3) is 3.01. The molecule has 1 aromatic heterocycles. The molecule has 0 radical (unpaired) electrons. The number of hydrogen-bond acceptors (Lipinski definition) is 6. The molecule has 2 N–H and O–H groups in total. The molecule has 1 aromatic rings. The first-order chi connectivity index (χ1) is 9.52. The van der Waals surface area contributed by atoms with Crippen LogP contribution in [0.1, 0.15) is 23.3 Å². The number of nitrogens with zero attached hydrogens (tertiary/aromatic N) is 3. The minimum Gasteiger partial charge on any atom is -0.464 e. The number of aromatic nitrogens is 1. The molecular weight excluding hydrogens is 256 g/mol.